The van der Waals surface area contributed by atoms with Crippen LogP contribution in [0.15, 0.2) is 42.5 Å². The number of ether oxygens (including phenoxy) is 2. The highest BCUT2D eigenvalue weighted by Crippen LogP contribution is 2.31. The van der Waals surface area contributed by atoms with Gasteiger partial charge in [-0.2, -0.15) is 0 Å². The number of nitrogens with one attached hydrogen (secondary N) is 1. The van der Waals surface area contributed by atoms with Crippen molar-refractivity contribution in [3.63, 3.8) is 0 Å². The van der Waals surface area contributed by atoms with E-state index in [1.54, 1.807) is 42.5 Å². The second kappa shape index (κ2) is 11.4. The van der Waals surface area contributed by atoms with Crippen LogP contribution in [0.1, 0.15) is 30.4 Å². The van der Waals surface area contributed by atoms with E-state index in [1.165, 1.54) is 7.11 Å². The molecule has 0 unspecified atom stereocenters. The molecule has 1 aliphatic carbocycles. The molecule has 0 aliphatic heterocycles. The summed E-state index contributed by atoms with van der Waals surface area (Å²) in [7, 11) is 1.26. The molecule has 0 saturated heterocycles. The Labute approximate surface area is 202 Å². The molecular weight excluding hydrogens is 469 g/mol. The Kier molecular flexibility index (Phi) is 8.58. The zero-order valence-electron chi connectivity index (χ0n) is 18.1. The third-order valence-electron chi connectivity index (χ3n) is 5.76. The van der Waals surface area contributed by atoms with Crippen LogP contribution in [0.5, 0.6) is 5.75 Å². The molecular formula is C24H25Cl2NO6. The molecule has 1 saturated carbocycles. The Morgan fingerprint density at radius 3 is 2.27 bits per heavy atom. The molecule has 1 amide bonds. The van der Waals surface area contributed by atoms with Gasteiger partial charge in [-0.25, -0.2) is 4.79 Å². The summed E-state index contributed by atoms with van der Waals surface area (Å²) in [6.07, 6.45) is 1.44. The minimum Gasteiger partial charge on any atom is -0.489 e. The maximum absolute atomic E-state index is 12.6. The number of halogens is 2. The summed E-state index contributed by atoms with van der Waals surface area (Å²) >= 11 is 12.3. The fourth-order valence-corrected chi connectivity index (χ4v) is 4.36. The Balaban J connectivity index is 1.60. The Morgan fingerprint density at radius 2 is 1.70 bits per heavy atom. The van der Waals surface area contributed by atoms with Gasteiger partial charge in [0.15, 0.2) is 0 Å². The molecule has 2 aromatic carbocycles. The van der Waals surface area contributed by atoms with Crippen molar-refractivity contribution in [1.82, 2.24) is 5.32 Å². The number of methoxy groups -OCH3 is 1. The summed E-state index contributed by atoms with van der Waals surface area (Å²) in [5.74, 6) is -2.14. The first kappa shape index (κ1) is 24.9. The van der Waals surface area contributed by atoms with Crippen LogP contribution < -0.4 is 10.1 Å². The van der Waals surface area contributed by atoms with Crippen LogP contribution in [-0.4, -0.2) is 36.1 Å². The first-order chi connectivity index (χ1) is 15.8. The molecule has 2 N–H and O–H groups in total. The highest BCUT2D eigenvalue weighted by atomic mass is 35.5. The number of esters is 1. The summed E-state index contributed by atoms with van der Waals surface area (Å²) in [5, 5.41) is 12.9. The van der Waals surface area contributed by atoms with Gasteiger partial charge < -0.3 is 19.9 Å². The van der Waals surface area contributed by atoms with E-state index in [4.69, 9.17) is 37.8 Å². The van der Waals surface area contributed by atoms with Gasteiger partial charge in [-0.05, 0) is 49.1 Å². The monoisotopic (exact) mass is 493 g/mol. The summed E-state index contributed by atoms with van der Waals surface area (Å²) in [6.45, 7) is 0.206. The van der Waals surface area contributed by atoms with Gasteiger partial charge in [0.25, 0.3) is 0 Å². The maximum Gasteiger partial charge on any atom is 0.328 e. The average Bonchev–Trinajstić information content (AvgIpc) is 3.30. The summed E-state index contributed by atoms with van der Waals surface area (Å²) in [5.41, 5.74) is 1.49. The lowest BCUT2D eigenvalue weighted by molar-refractivity contribution is -0.146. The summed E-state index contributed by atoms with van der Waals surface area (Å²) < 4.78 is 10.6. The van der Waals surface area contributed by atoms with E-state index in [-0.39, 0.29) is 25.4 Å². The van der Waals surface area contributed by atoms with Gasteiger partial charge in [-0.15, -0.1) is 0 Å². The average molecular weight is 494 g/mol. The van der Waals surface area contributed by atoms with Crippen molar-refractivity contribution >= 4 is 41.0 Å². The minimum absolute atomic E-state index is 0.206. The number of aliphatic carboxylic acids is 1. The number of carbonyl (C=O) groups excluding carboxylic acids is 2. The largest absolute Gasteiger partial charge is 0.489 e. The standard InChI is InChI=1S/C24H25Cl2NO6/c1-32-24(31)21(27-22(28)15-7-8-16(12-15)23(29)30)11-14-5-9-17(10-6-14)33-13-18-19(25)3-2-4-20(18)26/h2-6,9-10,15-16,21H,7-8,11-13H2,1H3,(H,27,28)(H,29,30)/t15-,16+,21+/m1/s1. The second-order valence-electron chi connectivity index (χ2n) is 7.97. The third kappa shape index (κ3) is 6.62. The lowest BCUT2D eigenvalue weighted by Gasteiger charge is -2.19. The van der Waals surface area contributed by atoms with Crippen LogP contribution in [0, 0.1) is 11.8 Å². The van der Waals surface area contributed by atoms with Crippen LogP contribution in [0.3, 0.4) is 0 Å². The van der Waals surface area contributed by atoms with Crippen molar-refractivity contribution in [2.75, 3.05) is 7.11 Å². The highest BCUT2D eigenvalue weighted by Gasteiger charge is 2.35. The van der Waals surface area contributed by atoms with Gasteiger partial charge in [-0.3, -0.25) is 9.59 Å². The minimum atomic E-state index is -0.895. The van der Waals surface area contributed by atoms with Crippen molar-refractivity contribution in [1.29, 1.82) is 0 Å². The van der Waals surface area contributed by atoms with E-state index < -0.39 is 29.8 Å². The van der Waals surface area contributed by atoms with E-state index in [2.05, 4.69) is 5.32 Å². The first-order valence-electron chi connectivity index (χ1n) is 10.5. The zero-order valence-corrected chi connectivity index (χ0v) is 19.6. The molecule has 176 valence electrons. The Bertz CT molecular complexity index is 990. The Hall–Kier alpha value is -2.77. The molecule has 0 spiro atoms. The van der Waals surface area contributed by atoms with Gasteiger partial charge >= 0.3 is 11.9 Å². The van der Waals surface area contributed by atoms with Crippen LogP contribution in [0.2, 0.25) is 10.0 Å². The van der Waals surface area contributed by atoms with E-state index in [0.29, 0.717) is 34.2 Å². The fraction of sp³-hybridized carbons (Fsp3) is 0.375. The lowest BCUT2D eigenvalue weighted by atomic mass is 10.0. The fourth-order valence-electron chi connectivity index (χ4n) is 3.85. The van der Waals surface area contributed by atoms with Crippen LogP contribution in [-0.2, 0) is 32.1 Å². The van der Waals surface area contributed by atoms with Gasteiger partial charge in [0.05, 0.1) is 13.0 Å². The molecule has 2 aromatic rings. The molecule has 3 rings (SSSR count). The van der Waals surface area contributed by atoms with Crippen LogP contribution in [0.4, 0.5) is 0 Å². The van der Waals surface area contributed by atoms with Crippen molar-refractivity contribution < 1.29 is 29.0 Å². The number of amides is 1. The van der Waals surface area contributed by atoms with E-state index in [9.17, 15) is 14.4 Å². The van der Waals surface area contributed by atoms with E-state index in [0.717, 1.165) is 5.56 Å². The zero-order chi connectivity index (χ0) is 24.0. The molecule has 0 aromatic heterocycles. The smallest absolute Gasteiger partial charge is 0.328 e. The summed E-state index contributed by atoms with van der Waals surface area (Å²) in [4.78, 5) is 36.0. The number of carbonyl (C=O) groups is 3. The van der Waals surface area contributed by atoms with E-state index >= 15 is 0 Å². The Morgan fingerprint density at radius 1 is 1.06 bits per heavy atom. The predicted molar refractivity (Wildman–Crippen MR) is 123 cm³/mol. The molecule has 0 radical (unpaired) electrons. The van der Waals surface area contributed by atoms with Crippen molar-refractivity contribution in [3.05, 3.63) is 63.6 Å². The quantitative estimate of drug-likeness (QED) is 0.505. The first-order valence-corrected chi connectivity index (χ1v) is 11.3. The molecule has 33 heavy (non-hydrogen) atoms. The normalized spacial score (nSPS) is 18.4. The van der Waals surface area contributed by atoms with Crippen molar-refractivity contribution in [2.24, 2.45) is 11.8 Å². The molecule has 0 bridgehead atoms. The van der Waals surface area contributed by atoms with Crippen LogP contribution >= 0.6 is 23.2 Å². The predicted octanol–water partition coefficient (Wildman–Crippen LogP) is 4.27. The van der Waals surface area contributed by atoms with Gasteiger partial charge in [0.2, 0.25) is 5.91 Å². The molecule has 9 heteroatoms. The summed E-state index contributed by atoms with van der Waals surface area (Å²) in [6, 6.07) is 11.5. The molecule has 1 fully saturated rings. The molecule has 1 aliphatic rings. The number of hydrogen-bond acceptors (Lipinski definition) is 5. The highest BCUT2D eigenvalue weighted by molar-refractivity contribution is 6.35. The number of rotatable bonds is 9. The number of benzene rings is 2. The van der Waals surface area contributed by atoms with Crippen molar-refractivity contribution in [2.45, 2.75) is 38.3 Å². The number of carboxylic acids is 1. The van der Waals surface area contributed by atoms with Crippen LogP contribution in [0.25, 0.3) is 0 Å². The number of carboxylic acid groups (broad SMARTS) is 1. The second-order valence-corrected chi connectivity index (χ2v) is 8.78. The van der Waals surface area contributed by atoms with Crippen molar-refractivity contribution in [3.8, 4) is 5.75 Å². The SMILES string of the molecule is COC(=O)[C@H](Cc1ccc(OCc2c(Cl)cccc2Cl)cc1)NC(=O)[C@@H]1CC[C@H](C(=O)O)C1. The molecule has 7 nitrogen and oxygen atoms in total. The topological polar surface area (TPSA) is 102 Å². The third-order valence-corrected chi connectivity index (χ3v) is 6.47. The molecule has 3 atom stereocenters. The van der Waals surface area contributed by atoms with E-state index in [1.807, 2.05) is 0 Å². The maximum atomic E-state index is 12.6. The van der Waals surface area contributed by atoms with Gasteiger partial charge in [0, 0.05) is 27.9 Å². The number of hydrogen-bond donors (Lipinski definition) is 2. The van der Waals surface area contributed by atoms with Gasteiger partial charge in [0.1, 0.15) is 18.4 Å². The van der Waals surface area contributed by atoms with Gasteiger partial charge in [-0.1, -0.05) is 41.4 Å². The lowest BCUT2D eigenvalue weighted by Crippen LogP contribution is -2.45. The molecule has 0 heterocycles.